The topological polar surface area (TPSA) is 106 Å². The second-order valence-corrected chi connectivity index (χ2v) is 12.1. The number of carbonyl (C=O) groups is 1. The fourth-order valence-corrected chi connectivity index (χ4v) is 6.63. The van der Waals surface area contributed by atoms with E-state index in [1.165, 1.54) is 24.3 Å². The van der Waals surface area contributed by atoms with Crippen molar-refractivity contribution in [2.45, 2.75) is 17.3 Å². The van der Waals surface area contributed by atoms with E-state index in [1.54, 1.807) is 13.0 Å². The van der Waals surface area contributed by atoms with Gasteiger partial charge in [0.25, 0.3) is 5.56 Å². The summed E-state index contributed by atoms with van der Waals surface area (Å²) < 4.78 is 67.4. The maximum Gasteiger partial charge on any atom is 0.418 e. The molecule has 0 radical (unpaired) electrons. The molecule has 0 aliphatic rings. The first-order chi connectivity index (χ1) is 16.7. The van der Waals surface area contributed by atoms with Gasteiger partial charge in [-0.25, -0.2) is 17.8 Å². The number of aryl methyl sites for hydroxylation is 1. The Morgan fingerprint density at radius 3 is 2.39 bits per heavy atom. The highest BCUT2D eigenvalue weighted by atomic mass is 35.5. The smallest absolute Gasteiger partial charge is 0.306 e. The number of thiophene rings is 1. The van der Waals surface area contributed by atoms with Crippen molar-refractivity contribution in [1.82, 2.24) is 9.55 Å². The normalized spacial score (nSPS) is 12.3. The van der Waals surface area contributed by atoms with Crippen molar-refractivity contribution in [3.8, 4) is 5.69 Å². The number of rotatable bonds is 5. The fraction of sp³-hybridized carbons (Fsp3) is 0.136. The summed E-state index contributed by atoms with van der Waals surface area (Å²) in [5, 5.41) is -0.811. The largest absolute Gasteiger partial charge is 0.418 e. The lowest BCUT2D eigenvalue weighted by molar-refractivity contribution is -0.137. The lowest BCUT2D eigenvalue weighted by atomic mass is 10.0. The number of aromatic nitrogens is 2. The molecule has 0 aliphatic carbocycles. The first kappa shape index (κ1) is 26.1. The third-order valence-corrected chi connectivity index (χ3v) is 8.86. The number of alkyl halides is 3. The van der Waals surface area contributed by atoms with Crippen molar-refractivity contribution in [2.75, 3.05) is 5.75 Å². The minimum Gasteiger partial charge on any atom is -0.306 e. The van der Waals surface area contributed by atoms with Crippen LogP contribution in [0.25, 0.3) is 16.6 Å². The molecule has 36 heavy (non-hydrogen) atoms. The van der Waals surface area contributed by atoms with Crippen molar-refractivity contribution in [1.29, 1.82) is 0 Å². The van der Waals surface area contributed by atoms with Crippen LogP contribution in [0.15, 0.2) is 56.3 Å². The van der Waals surface area contributed by atoms with E-state index in [1.807, 2.05) is 0 Å². The Morgan fingerprint density at radius 2 is 1.78 bits per heavy atom. The molecular formula is C22H13Cl2F3N2O5S2. The lowest BCUT2D eigenvalue weighted by Crippen LogP contribution is -2.35. The number of fused-ring (bicyclic) bond motifs is 1. The number of sulfone groups is 1. The van der Waals surface area contributed by atoms with E-state index in [4.69, 9.17) is 23.2 Å². The number of nitrogens with zero attached hydrogens (tertiary/aromatic N) is 1. The van der Waals surface area contributed by atoms with Gasteiger partial charge in [0.05, 0.1) is 31.5 Å². The van der Waals surface area contributed by atoms with Crippen molar-refractivity contribution in [3.05, 3.63) is 89.4 Å². The SMILES string of the molecule is Cc1ccc2c(=O)n(-c3c(Cl)cc(C(=O)CS(=O)(=O)c4ccc(Cl)s4)cc3C(F)(F)F)c(=O)[nH]c2c1. The summed E-state index contributed by atoms with van der Waals surface area (Å²) >= 11 is 12.5. The number of aromatic amines is 1. The third kappa shape index (κ3) is 4.85. The molecule has 0 bridgehead atoms. The van der Waals surface area contributed by atoms with Crippen LogP contribution in [0.5, 0.6) is 0 Å². The highest BCUT2D eigenvalue weighted by molar-refractivity contribution is 7.94. The molecule has 0 atom stereocenters. The summed E-state index contributed by atoms with van der Waals surface area (Å²) in [4.78, 5) is 40.8. The summed E-state index contributed by atoms with van der Waals surface area (Å²) in [6.07, 6.45) is -5.16. The predicted molar refractivity (Wildman–Crippen MR) is 131 cm³/mol. The number of carbonyl (C=O) groups excluding carboxylic acids is 1. The fourth-order valence-electron chi connectivity index (χ4n) is 3.53. The molecular weight excluding hydrogens is 564 g/mol. The van der Waals surface area contributed by atoms with Crippen molar-refractivity contribution in [2.24, 2.45) is 0 Å². The zero-order valence-electron chi connectivity index (χ0n) is 17.9. The van der Waals surface area contributed by atoms with E-state index in [-0.39, 0.29) is 24.0 Å². The van der Waals surface area contributed by atoms with Crippen LogP contribution in [-0.2, 0) is 16.0 Å². The van der Waals surface area contributed by atoms with Crippen LogP contribution < -0.4 is 11.2 Å². The summed E-state index contributed by atoms with van der Waals surface area (Å²) in [5.41, 5.74) is -4.62. The zero-order chi connectivity index (χ0) is 26.6. The van der Waals surface area contributed by atoms with Crippen LogP contribution in [0.4, 0.5) is 13.2 Å². The van der Waals surface area contributed by atoms with Gasteiger partial charge >= 0.3 is 11.9 Å². The van der Waals surface area contributed by atoms with Gasteiger partial charge in [0.1, 0.15) is 9.96 Å². The average molecular weight is 577 g/mol. The molecule has 2 heterocycles. The van der Waals surface area contributed by atoms with Gasteiger partial charge in [-0.15, -0.1) is 11.3 Å². The highest BCUT2D eigenvalue weighted by Crippen LogP contribution is 2.38. The van der Waals surface area contributed by atoms with Crippen molar-refractivity contribution in [3.63, 3.8) is 0 Å². The lowest BCUT2D eigenvalue weighted by Gasteiger charge is -2.17. The van der Waals surface area contributed by atoms with Crippen LogP contribution in [0.1, 0.15) is 21.5 Å². The van der Waals surface area contributed by atoms with E-state index in [0.717, 1.165) is 6.07 Å². The minimum absolute atomic E-state index is 0.0646. The highest BCUT2D eigenvalue weighted by Gasteiger charge is 2.37. The Bertz CT molecular complexity index is 1770. The molecule has 14 heteroatoms. The van der Waals surface area contributed by atoms with E-state index < -0.39 is 60.6 Å². The number of ketones is 1. The van der Waals surface area contributed by atoms with Gasteiger partial charge < -0.3 is 4.98 Å². The Kier molecular flexibility index (Phi) is 6.67. The van der Waals surface area contributed by atoms with Gasteiger partial charge in [-0.05, 0) is 48.9 Å². The minimum atomic E-state index is -5.16. The van der Waals surface area contributed by atoms with Gasteiger partial charge in [0.15, 0.2) is 15.6 Å². The number of hydrogen-bond donors (Lipinski definition) is 1. The molecule has 0 saturated heterocycles. The van der Waals surface area contributed by atoms with Crippen LogP contribution in [0.2, 0.25) is 9.36 Å². The number of hydrogen-bond acceptors (Lipinski definition) is 6. The third-order valence-electron chi connectivity index (χ3n) is 5.14. The molecule has 0 unspecified atom stereocenters. The van der Waals surface area contributed by atoms with Gasteiger partial charge in [-0.2, -0.15) is 13.2 Å². The first-order valence-corrected chi connectivity index (χ1v) is 13.1. The molecule has 7 nitrogen and oxygen atoms in total. The zero-order valence-corrected chi connectivity index (χ0v) is 21.1. The summed E-state index contributed by atoms with van der Waals surface area (Å²) in [6, 6.07) is 8.01. The van der Waals surface area contributed by atoms with Gasteiger partial charge in [0, 0.05) is 5.56 Å². The molecule has 0 fully saturated rings. The Labute approximate surface area is 214 Å². The molecule has 4 rings (SSSR count). The quantitative estimate of drug-likeness (QED) is 0.335. The summed E-state index contributed by atoms with van der Waals surface area (Å²) in [5.74, 6) is -2.32. The summed E-state index contributed by atoms with van der Waals surface area (Å²) in [6.45, 7) is 1.70. The number of nitrogens with one attached hydrogen (secondary N) is 1. The van der Waals surface area contributed by atoms with Crippen LogP contribution >= 0.6 is 34.5 Å². The molecule has 1 N–H and O–H groups in total. The molecule has 0 saturated carbocycles. The van der Waals surface area contributed by atoms with E-state index >= 15 is 0 Å². The molecule has 0 spiro atoms. The maximum atomic E-state index is 14.1. The standard InChI is InChI=1S/C22H13Cl2F3N2O5S2/c1-10-2-3-12-15(6-10)28-21(32)29(20(12)31)19-13(22(25,26)27)7-11(8-14(19)23)16(30)9-36(33,34)18-5-4-17(24)35-18/h2-8H,9H2,1H3,(H,28,32). The number of Topliss-reactive ketones (excluding diaryl/α,β-unsaturated/α-hetero) is 1. The Morgan fingerprint density at radius 1 is 1.08 bits per heavy atom. The number of H-pyrrole nitrogens is 1. The molecule has 2 aromatic carbocycles. The van der Waals surface area contributed by atoms with Gasteiger partial charge in [-0.1, -0.05) is 29.3 Å². The molecule has 0 amide bonds. The van der Waals surface area contributed by atoms with Crippen molar-refractivity contribution >= 4 is 61.1 Å². The van der Waals surface area contributed by atoms with E-state index in [0.29, 0.717) is 23.0 Å². The number of halogens is 5. The molecule has 4 aromatic rings. The molecule has 2 aromatic heterocycles. The Balaban J connectivity index is 1.89. The van der Waals surface area contributed by atoms with E-state index in [9.17, 15) is 36.0 Å². The second-order valence-electron chi connectivity index (χ2n) is 7.71. The first-order valence-electron chi connectivity index (χ1n) is 9.87. The molecule has 188 valence electrons. The number of benzene rings is 2. The second kappa shape index (κ2) is 9.18. The average Bonchev–Trinajstić information content (AvgIpc) is 3.20. The van der Waals surface area contributed by atoms with E-state index in [2.05, 4.69) is 4.98 Å². The monoisotopic (exact) mass is 576 g/mol. The van der Waals surface area contributed by atoms with Crippen LogP contribution in [0, 0.1) is 6.92 Å². The summed E-state index contributed by atoms with van der Waals surface area (Å²) in [7, 11) is -4.20. The Hall–Kier alpha value is -2.93. The maximum absolute atomic E-state index is 14.1. The van der Waals surface area contributed by atoms with Crippen LogP contribution in [0.3, 0.4) is 0 Å². The van der Waals surface area contributed by atoms with Gasteiger partial charge in [-0.3, -0.25) is 9.59 Å². The van der Waals surface area contributed by atoms with Crippen LogP contribution in [-0.4, -0.2) is 29.5 Å². The van der Waals surface area contributed by atoms with Crippen molar-refractivity contribution < 1.29 is 26.4 Å². The van der Waals surface area contributed by atoms with Gasteiger partial charge in [0.2, 0.25) is 0 Å². The predicted octanol–water partition coefficient (Wildman–Crippen LogP) is 5.03. The molecule has 0 aliphatic heterocycles.